The predicted molar refractivity (Wildman–Crippen MR) is 161 cm³/mol. The minimum Gasteiger partial charge on any atom is -0.490 e. The predicted octanol–water partition coefficient (Wildman–Crippen LogP) is 11.4. The summed E-state index contributed by atoms with van der Waals surface area (Å²) < 4.78 is 93.9. The number of hydrogen-bond donors (Lipinski definition) is 0. The molecular formula is C37H42F6O. The van der Waals surface area contributed by atoms with Gasteiger partial charge in [0.1, 0.15) is 0 Å². The Morgan fingerprint density at radius 2 is 1.09 bits per heavy atom. The van der Waals surface area contributed by atoms with Gasteiger partial charge in [0.25, 0.3) is 0 Å². The number of rotatable bonds is 10. The molecule has 0 radical (unpaired) electrons. The monoisotopic (exact) mass is 616 g/mol. The molecular weight excluding hydrogens is 574 g/mol. The van der Waals surface area contributed by atoms with Gasteiger partial charge >= 0.3 is 0 Å². The van der Waals surface area contributed by atoms with Crippen LogP contribution < -0.4 is 4.74 Å². The first-order chi connectivity index (χ1) is 21.2. The standard InChI is InChI=1S/C37H42F6O/c1-3-4-21-44-31-20-19-30(36(42)37(31)43)26-14-12-25(13-15-26)29-18-16-27(33(39)35(29)41)11-8-23-6-9-24(10-7-23)28-17-5-22(2)32(38)34(28)40/h5,16-20,23-26H,3-4,6-15,21H2,1-2H3. The Morgan fingerprint density at radius 1 is 0.591 bits per heavy atom. The van der Waals surface area contributed by atoms with Gasteiger partial charge in [-0.15, -0.1) is 0 Å². The normalized spacial score (nSPS) is 22.3. The molecule has 2 saturated carbocycles. The summed E-state index contributed by atoms with van der Waals surface area (Å²) in [5.41, 5.74) is 1.76. The lowest BCUT2D eigenvalue weighted by atomic mass is 9.75. The summed E-state index contributed by atoms with van der Waals surface area (Å²) in [7, 11) is 0. The lowest BCUT2D eigenvalue weighted by Gasteiger charge is -2.30. The average Bonchev–Trinajstić information content (AvgIpc) is 3.03. The van der Waals surface area contributed by atoms with Crippen molar-refractivity contribution in [2.75, 3.05) is 6.61 Å². The third kappa shape index (κ3) is 6.97. The minimum atomic E-state index is -0.965. The Bertz CT molecular complexity index is 1440. The van der Waals surface area contributed by atoms with Gasteiger partial charge < -0.3 is 4.74 Å². The number of halogens is 6. The van der Waals surface area contributed by atoms with Gasteiger partial charge in [0.05, 0.1) is 6.61 Å². The van der Waals surface area contributed by atoms with Gasteiger partial charge in [0.15, 0.2) is 34.8 Å². The molecule has 5 rings (SSSR count). The van der Waals surface area contributed by atoms with Crippen molar-refractivity contribution < 1.29 is 31.1 Å². The van der Waals surface area contributed by atoms with Crippen LogP contribution in [-0.4, -0.2) is 6.61 Å². The molecule has 3 aromatic carbocycles. The van der Waals surface area contributed by atoms with Crippen LogP contribution in [0.2, 0.25) is 0 Å². The van der Waals surface area contributed by atoms with Crippen molar-refractivity contribution in [3.63, 3.8) is 0 Å². The van der Waals surface area contributed by atoms with Crippen LogP contribution in [0.1, 0.15) is 123 Å². The molecule has 0 amide bonds. The lowest BCUT2D eigenvalue weighted by Crippen LogP contribution is -2.17. The van der Waals surface area contributed by atoms with Crippen molar-refractivity contribution in [1.82, 2.24) is 0 Å². The molecule has 0 aromatic heterocycles. The largest absolute Gasteiger partial charge is 0.490 e. The fourth-order valence-electron chi connectivity index (χ4n) is 7.23. The zero-order valence-electron chi connectivity index (χ0n) is 25.6. The Balaban J connectivity index is 1.14. The highest BCUT2D eigenvalue weighted by Crippen LogP contribution is 2.44. The first-order valence-corrected chi connectivity index (χ1v) is 16.2. The van der Waals surface area contributed by atoms with Gasteiger partial charge in [-0.25, -0.2) is 22.0 Å². The maximum Gasteiger partial charge on any atom is 0.200 e. The van der Waals surface area contributed by atoms with Crippen LogP contribution >= 0.6 is 0 Å². The van der Waals surface area contributed by atoms with E-state index in [0.29, 0.717) is 78.9 Å². The molecule has 2 aliphatic rings. The summed E-state index contributed by atoms with van der Waals surface area (Å²) in [5, 5.41) is 0. The van der Waals surface area contributed by atoms with Gasteiger partial charge in [0.2, 0.25) is 5.82 Å². The van der Waals surface area contributed by atoms with Gasteiger partial charge in [-0.2, -0.15) is 4.39 Å². The molecule has 7 heteroatoms. The van der Waals surface area contributed by atoms with E-state index in [9.17, 15) is 17.6 Å². The molecule has 0 N–H and O–H groups in total. The second-order valence-corrected chi connectivity index (χ2v) is 12.8. The van der Waals surface area contributed by atoms with E-state index in [2.05, 4.69) is 0 Å². The van der Waals surface area contributed by atoms with E-state index in [1.54, 1.807) is 37.3 Å². The smallest absolute Gasteiger partial charge is 0.200 e. The van der Waals surface area contributed by atoms with Crippen LogP contribution in [0.15, 0.2) is 36.4 Å². The van der Waals surface area contributed by atoms with Gasteiger partial charge in [-0.3, -0.25) is 0 Å². The van der Waals surface area contributed by atoms with E-state index in [-0.39, 0.29) is 23.5 Å². The molecule has 0 atom stereocenters. The third-order valence-electron chi connectivity index (χ3n) is 10.0. The van der Waals surface area contributed by atoms with E-state index >= 15 is 8.78 Å². The first-order valence-electron chi connectivity index (χ1n) is 16.2. The summed E-state index contributed by atoms with van der Waals surface area (Å²) in [4.78, 5) is 0. The molecule has 3 aromatic rings. The molecule has 2 aliphatic carbocycles. The highest BCUT2D eigenvalue weighted by Gasteiger charge is 2.30. The topological polar surface area (TPSA) is 9.23 Å². The molecule has 0 bridgehead atoms. The molecule has 238 valence electrons. The van der Waals surface area contributed by atoms with Crippen LogP contribution in [0.25, 0.3) is 0 Å². The van der Waals surface area contributed by atoms with Crippen LogP contribution in [0, 0.1) is 47.7 Å². The van der Waals surface area contributed by atoms with Gasteiger partial charge in [-0.1, -0.05) is 43.7 Å². The summed E-state index contributed by atoms with van der Waals surface area (Å²) in [6.45, 7) is 3.88. The van der Waals surface area contributed by atoms with Gasteiger partial charge in [0, 0.05) is 0 Å². The second kappa shape index (κ2) is 14.4. The van der Waals surface area contributed by atoms with Crippen molar-refractivity contribution in [2.45, 2.75) is 109 Å². The van der Waals surface area contributed by atoms with E-state index in [4.69, 9.17) is 4.74 Å². The van der Waals surface area contributed by atoms with Crippen LogP contribution in [0.4, 0.5) is 26.3 Å². The van der Waals surface area contributed by atoms with Crippen LogP contribution in [0.3, 0.4) is 0 Å². The maximum absolute atomic E-state index is 15.3. The molecule has 0 heterocycles. The SMILES string of the molecule is CCCCOc1ccc(C2CCC(c3ccc(CCC4CCC(c5ccc(C)c(F)c5F)CC4)c(F)c3F)CC2)c(F)c1F. The molecule has 44 heavy (non-hydrogen) atoms. The zero-order chi connectivity index (χ0) is 31.4. The van der Waals surface area contributed by atoms with E-state index < -0.39 is 34.9 Å². The minimum absolute atomic E-state index is 0.0238. The molecule has 0 spiro atoms. The first kappa shape index (κ1) is 32.4. The summed E-state index contributed by atoms with van der Waals surface area (Å²) in [5.74, 6) is -5.12. The Kier molecular flexibility index (Phi) is 10.6. The molecule has 0 unspecified atom stereocenters. The Hall–Kier alpha value is -2.96. The summed E-state index contributed by atoms with van der Waals surface area (Å²) in [6, 6.07) is 9.75. The molecule has 1 nitrogen and oxygen atoms in total. The molecule has 2 fully saturated rings. The fraction of sp³-hybridized carbons (Fsp3) is 0.514. The van der Waals surface area contributed by atoms with E-state index in [1.165, 1.54) is 6.07 Å². The van der Waals surface area contributed by atoms with Crippen molar-refractivity contribution in [1.29, 1.82) is 0 Å². The third-order valence-corrected chi connectivity index (χ3v) is 10.0. The van der Waals surface area contributed by atoms with E-state index in [1.807, 2.05) is 6.92 Å². The molecule has 0 saturated heterocycles. The Labute approximate surface area is 257 Å². The van der Waals surface area contributed by atoms with Crippen molar-refractivity contribution in [3.8, 4) is 5.75 Å². The second-order valence-electron chi connectivity index (χ2n) is 12.8. The number of aryl methyl sites for hydroxylation is 2. The summed E-state index contributed by atoms with van der Waals surface area (Å²) in [6.07, 6.45) is 8.18. The van der Waals surface area contributed by atoms with Crippen molar-refractivity contribution in [2.24, 2.45) is 5.92 Å². The fourth-order valence-corrected chi connectivity index (χ4v) is 7.23. The number of ether oxygens (including phenoxy) is 1. The van der Waals surface area contributed by atoms with Gasteiger partial charge in [-0.05, 0) is 135 Å². The average molecular weight is 617 g/mol. The van der Waals surface area contributed by atoms with E-state index in [0.717, 1.165) is 38.5 Å². The number of unbranched alkanes of at least 4 members (excludes halogenated alkanes) is 1. The van der Waals surface area contributed by atoms with Crippen LogP contribution in [0.5, 0.6) is 5.75 Å². The maximum atomic E-state index is 15.3. The zero-order valence-corrected chi connectivity index (χ0v) is 25.6. The van der Waals surface area contributed by atoms with Crippen molar-refractivity contribution in [3.05, 3.63) is 99.1 Å². The number of hydrogen-bond acceptors (Lipinski definition) is 1. The highest BCUT2D eigenvalue weighted by atomic mass is 19.2. The molecule has 0 aliphatic heterocycles. The number of benzene rings is 3. The van der Waals surface area contributed by atoms with Crippen molar-refractivity contribution >= 4 is 0 Å². The summed E-state index contributed by atoms with van der Waals surface area (Å²) >= 11 is 0. The lowest BCUT2D eigenvalue weighted by molar-refractivity contribution is 0.286. The quantitative estimate of drug-likeness (QED) is 0.163. The Morgan fingerprint density at radius 3 is 1.68 bits per heavy atom. The highest BCUT2D eigenvalue weighted by molar-refractivity contribution is 5.35. The van der Waals surface area contributed by atoms with Crippen LogP contribution in [-0.2, 0) is 6.42 Å².